The van der Waals surface area contributed by atoms with Crippen molar-refractivity contribution in [2.45, 2.75) is 32.0 Å². The maximum absolute atomic E-state index is 12.1. The van der Waals surface area contributed by atoms with Crippen LogP contribution in [0.5, 0.6) is 0 Å². The lowest BCUT2D eigenvalue weighted by Gasteiger charge is -2.29. The molecule has 1 aromatic rings. The van der Waals surface area contributed by atoms with E-state index in [-0.39, 0.29) is 17.8 Å². The molecule has 0 aliphatic heterocycles. The summed E-state index contributed by atoms with van der Waals surface area (Å²) in [6, 6.07) is 8.30. The fourth-order valence-electron chi connectivity index (χ4n) is 2.55. The van der Waals surface area contributed by atoms with Crippen LogP contribution in [0.4, 0.5) is 0 Å². The maximum Gasteiger partial charge on any atom is 0.238 e. The molecule has 1 amide bonds. The van der Waals surface area contributed by atoms with Crippen LogP contribution >= 0.6 is 11.6 Å². The molecule has 1 aliphatic carbocycles. The van der Waals surface area contributed by atoms with E-state index in [9.17, 15) is 4.79 Å². The first-order valence-corrected chi connectivity index (χ1v) is 7.36. The highest BCUT2D eigenvalue weighted by atomic mass is 35.5. The van der Waals surface area contributed by atoms with Gasteiger partial charge in [0.1, 0.15) is 5.88 Å². The number of rotatable bonds is 6. The molecule has 0 N–H and O–H groups in total. The first-order chi connectivity index (χ1) is 9.76. The summed E-state index contributed by atoms with van der Waals surface area (Å²) in [4.78, 5) is 14.0. The average Bonchev–Trinajstić information content (AvgIpc) is 3.00. The van der Waals surface area contributed by atoms with Gasteiger partial charge in [-0.1, -0.05) is 36.4 Å². The number of benzene rings is 1. The van der Waals surface area contributed by atoms with Crippen molar-refractivity contribution in [3.05, 3.63) is 47.5 Å². The van der Waals surface area contributed by atoms with Crippen LogP contribution in [0.2, 0.25) is 0 Å². The summed E-state index contributed by atoms with van der Waals surface area (Å²) >= 11 is 5.76. The predicted molar refractivity (Wildman–Crippen MR) is 80.6 cm³/mol. The minimum atomic E-state index is -0.00686. The van der Waals surface area contributed by atoms with Gasteiger partial charge < -0.3 is 9.64 Å². The van der Waals surface area contributed by atoms with Gasteiger partial charge in [0.2, 0.25) is 5.91 Å². The molecule has 0 aromatic heterocycles. The monoisotopic (exact) mass is 293 g/mol. The average molecular weight is 294 g/mol. The summed E-state index contributed by atoms with van der Waals surface area (Å²) in [5, 5.41) is 0. The second-order valence-electron chi connectivity index (χ2n) is 4.95. The lowest BCUT2D eigenvalue weighted by Crippen LogP contribution is -2.39. The van der Waals surface area contributed by atoms with Gasteiger partial charge >= 0.3 is 0 Å². The SMILES string of the molecule is COCc1ccccc1CN(C(=O)CCl)C1CC=CC1. The number of methoxy groups -OCH3 is 1. The third-order valence-electron chi connectivity index (χ3n) is 3.62. The number of hydrogen-bond donors (Lipinski definition) is 0. The Labute approximate surface area is 125 Å². The van der Waals surface area contributed by atoms with E-state index in [1.165, 1.54) is 0 Å². The number of hydrogen-bond acceptors (Lipinski definition) is 2. The highest BCUT2D eigenvalue weighted by Gasteiger charge is 2.24. The molecule has 0 saturated carbocycles. The Hall–Kier alpha value is -1.32. The largest absolute Gasteiger partial charge is 0.380 e. The molecule has 0 spiro atoms. The quantitative estimate of drug-likeness (QED) is 0.596. The predicted octanol–water partition coefficient (Wildman–Crippen LogP) is 3.12. The second kappa shape index (κ2) is 7.46. The van der Waals surface area contributed by atoms with Crippen LogP contribution in [0.15, 0.2) is 36.4 Å². The van der Waals surface area contributed by atoms with Crippen molar-refractivity contribution >= 4 is 17.5 Å². The Bertz CT molecular complexity index is 479. The fraction of sp³-hybridized carbons (Fsp3) is 0.438. The van der Waals surface area contributed by atoms with Crippen LogP contribution in [-0.2, 0) is 22.7 Å². The highest BCUT2D eigenvalue weighted by molar-refractivity contribution is 6.27. The van der Waals surface area contributed by atoms with Gasteiger partial charge in [-0.2, -0.15) is 0 Å². The number of amides is 1. The summed E-state index contributed by atoms with van der Waals surface area (Å²) in [5.41, 5.74) is 2.24. The van der Waals surface area contributed by atoms with Crippen LogP contribution in [0, 0.1) is 0 Å². The van der Waals surface area contributed by atoms with Gasteiger partial charge in [0.25, 0.3) is 0 Å². The molecule has 3 nitrogen and oxygen atoms in total. The number of carbonyl (C=O) groups excluding carboxylic acids is 1. The van der Waals surface area contributed by atoms with E-state index in [1.54, 1.807) is 7.11 Å². The van der Waals surface area contributed by atoms with E-state index in [4.69, 9.17) is 16.3 Å². The van der Waals surface area contributed by atoms with Crippen molar-refractivity contribution in [2.24, 2.45) is 0 Å². The van der Waals surface area contributed by atoms with Gasteiger partial charge in [-0.3, -0.25) is 4.79 Å². The first kappa shape index (κ1) is 15.1. The minimum Gasteiger partial charge on any atom is -0.380 e. The van der Waals surface area contributed by atoms with Gasteiger partial charge in [-0.05, 0) is 24.0 Å². The summed E-state index contributed by atoms with van der Waals surface area (Å²) < 4.78 is 5.22. The van der Waals surface area contributed by atoms with E-state index in [0.717, 1.165) is 24.0 Å². The van der Waals surface area contributed by atoms with E-state index in [0.29, 0.717) is 13.2 Å². The third-order valence-corrected chi connectivity index (χ3v) is 3.85. The van der Waals surface area contributed by atoms with Crippen LogP contribution in [0.3, 0.4) is 0 Å². The van der Waals surface area contributed by atoms with Crippen molar-refractivity contribution in [1.82, 2.24) is 4.90 Å². The molecule has 4 heteroatoms. The maximum atomic E-state index is 12.1. The number of carbonyl (C=O) groups is 1. The molecule has 1 aliphatic rings. The summed E-state index contributed by atoms with van der Waals surface area (Å²) in [6.45, 7) is 1.15. The zero-order chi connectivity index (χ0) is 14.4. The zero-order valence-corrected chi connectivity index (χ0v) is 12.5. The van der Waals surface area contributed by atoms with E-state index < -0.39 is 0 Å². The Balaban J connectivity index is 2.16. The third kappa shape index (κ3) is 3.62. The standard InChI is InChI=1S/C16H20ClNO2/c1-20-12-14-7-3-2-6-13(14)11-18(16(19)10-17)15-8-4-5-9-15/h2-7,15H,8-12H2,1H3. The minimum absolute atomic E-state index is 0.00686. The van der Waals surface area contributed by atoms with Crippen molar-refractivity contribution in [1.29, 1.82) is 0 Å². The number of alkyl halides is 1. The van der Waals surface area contributed by atoms with E-state index in [1.807, 2.05) is 29.2 Å². The molecule has 0 radical (unpaired) electrons. The molecule has 20 heavy (non-hydrogen) atoms. The second-order valence-corrected chi connectivity index (χ2v) is 5.22. The first-order valence-electron chi connectivity index (χ1n) is 6.82. The van der Waals surface area contributed by atoms with Gasteiger partial charge in [-0.25, -0.2) is 0 Å². The lowest BCUT2D eigenvalue weighted by atomic mass is 10.1. The molecule has 2 rings (SSSR count). The van der Waals surface area contributed by atoms with E-state index in [2.05, 4.69) is 12.2 Å². The fourth-order valence-corrected chi connectivity index (χ4v) is 2.70. The van der Waals surface area contributed by atoms with Crippen LogP contribution < -0.4 is 0 Å². The molecule has 0 atom stereocenters. The van der Waals surface area contributed by atoms with Gasteiger partial charge in [-0.15, -0.1) is 11.6 Å². The normalized spacial score (nSPS) is 14.7. The molecule has 0 bridgehead atoms. The number of halogens is 1. The molecular formula is C16H20ClNO2. The molecular weight excluding hydrogens is 274 g/mol. The molecule has 0 heterocycles. The Morgan fingerprint density at radius 1 is 1.30 bits per heavy atom. The summed E-state index contributed by atoms with van der Waals surface area (Å²) in [7, 11) is 1.68. The molecule has 0 fully saturated rings. The Morgan fingerprint density at radius 2 is 1.95 bits per heavy atom. The smallest absolute Gasteiger partial charge is 0.238 e. The van der Waals surface area contributed by atoms with Crippen LogP contribution in [-0.4, -0.2) is 29.8 Å². The Morgan fingerprint density at radius 3 is 2.55 bits per heavy atom. The topological polar surface area (TPSA) is 29.5 Å². The van der Waals surface area contributed by atoms with Crippen LogP contribution in [0.1, 0.15) is 24.0 Å². The van der Waals surface area contributed by atoms with Crippen molar-refractivity contribution in [2.75, 3.05) is 13.0 Å². The number of nitrogens with zero attached hydrogens (tertiary/aromatic N) is 1. The lowest BCUT2D eigenvalue weighted by molar-refractivity contribution is -0.131. The van der Waals surface area contributed by atoms with E-state index >= 15 is 0 Å². The van der Waals surface area contributed by atoms with Gasteiger partial charge in [0.05, 0.1) is 6.61 Å². The van der Waals surface area contributed by atoms with Gasteiger partial charge in [0.15, 0.2) is 0 Å². The highest BCUT2D eigenvalue weighted by Crippen LogP contribution is 2.22. The molecule has 1 aromatic carbocycles. The Kier molecular flexibility index (Phi) is 5.62. The molecule has 0 unspecified atom stereocenters. The summed E-state index contributed by atoms with van der Waals surface area (Å²) in [6.07, 6.45) is 6.07. The number of ether oxygens (including phenoxy) is 1. The van der Waals surface area contributed by atoms with Crippen molar-refractivity contribution < 1.29 is 9.53 Å². The van der Waals surface area contributed by atoms with Gasteiger partial charge in [0, 0.05) is 19.7 Å². The van der Waals surface area contributed by atoms with Crippen molar-refractivity contribution in [3.8, 4) is 0 Å². The van der Waals surface area contributed by atoms with Crippen LogP contribution in [0.25, 0.3) is 0 Å². The summed E-state index contributed by atoms with van der Waals surface area (Å²) in [5.74, 6) is 0.0238. The molecule has 108 valence electrons. The molecule has 0 saturated heterocycles. The zero-order valence-electron chi connectivity index (χ0n) is 11.7. The van der Waals surface area contributed by atoms with Crippen molar-refractivity contribution in [3.63, 3.8) is 0 Å².